The van der Waals surface area contributed by atoms with Gasteiger partial charge in [-0.2, -0.15) is 0 Å². The van der Waals surface area contributed by atoms with Gasteiger partial charge >= 0.3 is 6.03 Å². The Morgan fingerprint density at radius 2 is 1.52 bits per heavy atom. The molecule has 0 saturated heterocycles. The first kappa shape index (κ1) is 39.7. The first-order chi connectivity index (χ1) is 23.0. The number of halogens is 4. The summed E-state index contributed by atoms with van der Waals surface area (Å²) in [7, 11) is 5.38. The van der Waals surface area contributed by atoms with E-state index in [4.69, 9.17) is 27.9 Å². The number of ether oxygens (including phenoxy) is 1. The van der Waals surface area contributed by atoms with Crippen molar-refractivity contribution in [3.05, 3.63) is 118 Å². The van der Waals surface area contributed by atoms with E-state index in [1.54, 1.807) is 49.5 Å². The lowest BCUT2D eigenvalue weighted by molar-refractivity contribution is -0.117. The van der Waals surface area contributed by atoms with Crippen LogP contribution in [0.5, 0.6) is 5.75 Å². The third-order valence-corrected chi connectivity index (χ3v) is 8.27. The molecule has 50 heavy (non-hydrogen) atoms. The molecule has 0 unspecified atom stereocenters. The van der Waals surface area contributed by atoms with E-state index in [2.05, 4.69) is 20.9 Å². The van der Waals surface area contributed by atoms with Gasteiger partial charge < -0.3 is 30.5 Å². The van der Waals surface area contributed by atoms with Gasteiger partial charge in [-0.15, -0.1) is 24.8 Å². The smallest absolute Gasteiger partial charge is 0.319 e. The maximum absolute atomic E-state index is 13.1. The molecule has 10 nitrogen and oxygen atoms in total. The summed E-state index contributed by atoms with van der Waals surface area (Å²) in [5.41, 5.74) is 4.79. The van der Waals surface area contributed by atoms with E-state index < -0.39 is 11.9 Å². The SMILES string of the molecule is Cc1ccc2cccc(OCc3c(Cl)ccc(N(C)C(=O)CNC(=O)Nc4cccc(C(=O)Nc5cccc(N(C)C)c5)c4)c3Cl)c2n1.Cl.Cl. The van der Waals surface area contributed by atoms with Crippen LogP contribution in [0.4, 0.5) is 27.5 Å². The minimum absolute atomic E-state index is 0. The maximum Gasteiger partial charge on any atom is 0.319 e. The molecule has 0 fully saturated rings. The fourth-order valence-electron chi connectivity index (χ4n) is 4.85. The van der Waals surface area contributed by atoms with E-state index in [0.29, 0.717) is 39.0 Å². The molecule has 1 heterocycles. The van der Waals surface area contributed by atoms with Crippen molar-refractivity contribution < 1.29 is 19.1 Å². The molecule has 0 atom stereocenters. The van der Waals surface area contributed by atoms with Crippen molar-refractivity contribution in [1.29, 1.82) is 0 Å². The van der Waals surface area contributed by atoms with Crippen LogP contribution in [0.2, 0.25) is 10.0 Å². The summed E-state index contributed by atoms with van der Waals surface area (Å²) in [6.07, 6.45) is 0. The van der Waals surface area contributed by atoms with Crippen LogP contribution in [-0.2, 0) is 11.4 Å². The second-order valence-corrected chi connectivity index (χ2v) is 12.0. The number of anilines is 4. The number of carbonyl (C=O) groups excluding carboxylic acids is 3. The molecule has 4 amide bonds. The summed E-state index contributed by atoms with van der Waals surface area (Å²) >= 11 is 13.2. The van der Waals surface area contributed by atoms with Crippen LogP contribution in [-0.4, -0.2) is 50.5 Å². The Kier molecular flexibility index (Phi) is 14.1. The first-order valence-corrected chi connectivity index (χ1v) is 15.7. The Morgan fingerprint density at radius 1 is 0.820 bits per heavy atom. The standard InChI is InChI=1S/C36H34Cl2N6O4.2ClH/c1-22-14-15-23-8-6-13-31(34(23)40-22)48-21-28-29(37)16-17-30(33(28)38)44(4)32(45)20-39-36(47)42-25-10-5-9-24(18-25)35(46)41-26-11-7-12-27(19-26)43(2)3;;/h5-19H,20-21H2,1-4H3,(H,41,46)(H2,39,42,47);2*1H. The molecule has 0 radical (unpaired) electrons. The van der Waals surface area contributed by atoms with Gasteiger partial charge in [-0.1, -0.05) is 53.5 Å². The van der Waals surface area contributed by atoms with Gasteiger partial charge in [-0.25, -0.2) is 9.78 Å². The van der Waals surface area contributed by atoms with E-state index in [-0.39, 0.29) is 48.9 Å². The Balaban J connectivity index is 0.00000338. The van der Waals surface area contributed by atoms with Gasteiger partial charge in [0.2, 0.25) is 5.91 Å². The highest BCUT2D eigenvalue weighted by atomic mass is 35.5. The lowest BCUT2D eigenvalue weighted by atomic mass is 10.1. The third kappa shape index (κ3) is 9.70. The van der Waals surface area contributed by atoms with Crippen LogP contribution in [0, 0.1) is 6.92 Å². The van der Waals surface area contributed by atoms with E-state index in [1.165, 1.54) is 4.90 Å². The quantitative estimate of drug-likeness (QED) is 0.132. The number of aryl methyl sites for hydroxylation is 1. The topological polar surface area (TPSA) is 116 Å². The molecular weight excluding hydrogens is 722 g/mol. The minimum atomic E-state index is -0.622. The Labute approximate surface area is 312 Å². The summed E-state index contributed by atoms with van der Waals surface area (Å²) in [5, 5.41) is 9.64. The molecule has 0 bridgehead atoms. The van der Waals surface area contributed by atoms with Crippen LogP contribution < -0.4 is 30.5 Å². The highest BCUT2D eigenvalue weighted by Gasteiger charge is 2.20. The predicted molar refractivity (Wildman–Crippen MR) is 207 cm³/mol. The van der Waals surface area contributed by atoms with Crippen LogP contribution >= 0.6 is 48.0 Å². The second-order valence-electron chi connectivity index (χ2n) is 11.2. The normalized spacial score (nSPS) is 10.3. The van der Waals surface area contributed by atoms with Crippen molar-refractivity contribution in [2.24, 2.45) is 0 Å². The summed E-state index contributed by atoms with van der Waals surface area (Å²) in [4.78, 5) is 46.5. The van der Waals surface area contributed by atoms with E-state index in [0.717, 1.165) is 22.3 Å². The fourth-order valence-corrected chi connectivity index (χ4v) is 5.45. The number of nitrogens with zero attached hydrogens (tertiary/aromatic N) is 3. The third-order valence-electron chi connectivity index (χ3n) is 7.50. The predicted octanol–water partition coefficient (Wildman–Crippen LogP) is 8.38. The van der Waals surface area contributed by atoms with E-state index in [9.17, 15) is 14.4 Å². The molecular formula is C36H36Cl4N6O4. The molecule has 14 heteroatoms. The minimum Gasteiger partial charge on any atom is -0.487 e. The molecule has 0 aliphatic carbocycles. The number of para-hydroxylation sites is 1. The molecule has 5 aromatic rings. The lowest BCUT2D eigenvalue weighted by Gasteiger charge is -2.21. The zero-order chi connectivity index (χ0) is 34.4. The number of hydrogen-bond acceptors (Lipinski definition) is 6. The van der Waals surface area contributed by atoms with Gasteiger partial charge in [0.25, 0.3) is 5.91 Å². The molecule has 0 aliphatic heterocycles. The molecule has 0 saturated carbocycles. The first-order valence-electron chi connectivity index (χ1n) is 15.0. The Hall–Kier alpha value is -4.74. The number of likely N-dealkylation sites (N-methyl/N-ethyl adjacent to an activating group) is 1. The number of aromatic nitrogens is 1. The number of carbonyl (C=O) groups is 3. The van der Waals surface area contributed by atoms with Gasteiger partial charge in [0, 0.05) is 65.4 Å². The van der Waals surface area contributed by atoms with Crippen molar-refractivity contribution in [3.63, 3.8) is 0 Å². The average Bonchev–Trinajstić information content (AvgIpc) is 3.07. The molecule has 1 aromatic heterocycles. The van der Waals surface area contributed by atoms with Crippen molar-refractivity contribution in [2.75, 3.05) is 48.1 Å². The molecule has 0 aliphatic rings. The Morgan fingerprint density at radius 3 is 2.26 bits per heavy atom. The fraction of sp³-hybridized carbons (Fsp3) is 0.167. The van der Waals surface area contributed by atoms with Gasteiger partial charge in [-0.3, -0.25) is 9.59 Å². The van der Waals surface area contributed by atoms with Gasteiger partial charge in [0.05, 0.1) is 17.3 Å². The zero-order valence-corrected chi connectivity index (χ0v) is 30.8. The van der Waals surface area contributed by atoms with Crippen LogP contribution in [0.15, 0.2) is 91.0 Å². The number of benzene rings is 4. The number of rotatable bonds is 10. The maximum atomic E-state index is 13.1. The summed E-state index contributed by atoms with van der Waals surface area (Å²) in [6.45, 7) is 1.63. The Bertz CT molecular complexity index is 2010. The van der Waals surface area contributed by atoms with Gasteiger partial charge in [0.15, 0.2) is 0 Å². The zero-order valence-electron chi connectivity index (χ0n) is 27.6. The van der Waals surface area contributed by atoms with Crippen molar-refractivity contribution in [1.82, 2.24) is 10.3 Å². The summed E-state index contributed by atoms with van der Waals surface area (Å²) in [6, 6.07) is 26.1. The number of fused-ring (bicyclic) bond motifs is 1. The van der Waals surface area contributed by atoms with Crippen molar-refractivity contribution >= 4 is 99.5 Å². The number of amides is 4. The molecule has 0 spiro atoms. The number of nitrogens with one attached hydrogen (secondary N) is 3. The molecule has 262 valence electrons. The van der Waals surface area contributed by atoms with Crippen LogP contribution in [0.3, 0.4) is 0 Å². The van der Waals surface area contributed by atoms with Crippen molar-refractivity contribution in [3.8, 4) is 5.75 Å². The number of pyridine rings is 1. The van der Waals surface area contributed by atoms with Crippen molar-refractivity contribution in [2.45, 2.75) is 13.5 Å². The monoisotopic (exact) mass is 756 g/mol. The second kappa shape index (κ2) is 17.8. The lowest BCUT2D eigenvalue weighted by Crippen LogP contribution is -2.40. The summed E-state index contributed by atoms with van der Waals surface area (Å²) < 4.78 is 6.09. The largest absolute Gasteiger partial charge is 0.487 e. The van der Waals surface area contributed by atoms with Crippen LogP contribution in [0.25, 0.3) is 10.9 Å². The molecule has 3 N–H and O–H groups in total. The van der Waals surface area contributed by atoms with Crippen LogP contribution in [0.1, 0.15) is 21.6 Å². The van der Waals surface area contributed by atoms with E-state index in [1.807, 2.05) is 74.4 Å². The van der Waals surface area contributed by atoms with Gasteiger partial charge in [-0.05, 0) is 67.6 Å². The number of hydrogen-bond donors (Lipinski definition) is 3. The highest BCUT2D eigenvalue weighted by molar-refractivity contribution is 6.38. The summed E-state index contributed by atoms with van der Waals surface area (Å²) in [5.74, 6) is -0.183. The average molecular weight is 759 g/mol. The number of urea groups is 1. The highest BCUT2D eigenvalue weighted by Crippen LogP contribution is 2.35. The molecule has 5 rings (SSSR count). The van der Waals surface area contributed by atoms with Gasteiger partial charge in [0.1, 0.15) is 17.9 Å². The molecule has 4 aromatic carbocycles. The van der Waals surface area contributed by atoms with E-state index >= 15 is 0 Å².